The molecule has 1 aromatic carbocycles. The molecule has 168 valence electrons. The average molecular weight is 437 g/mol. The fourth-order valence-electron chi connectivity index (χ4n) is 3.40. The summed E-state index contributed by atoms with van der Waals surface area (Å²) < 4.78 is 13.0. The van der Waals surface area contributed by atoms with Gasteiger partial charge in [-0.2, -0.15) is 0 Å². The Labute approximate surface area is 187 Å². The maximum Gasteiger partial charge on any atom is 0.213 e. The van der Waals surface area contributed by atoms with Crippen molar-refractivity contribution < 1.29 is 14.3 Å². The molecule has 32 heavy (non-hydrogen) atoms. The highest BCUT2D eigenvalue weighted by atomic mass is 16.6. The predicted octanol–water partition coefficient (Wildman–Crippen LogP) is 3.32. The number of ether oxygens (including phenoxy) is 2. The Morgan fingerprint density at radius 3 is 2.69 bits per heavy atom. The maximum atomic E-state index is 5.79. The Bertz CT molecular complexity index is 1010. The molecule has 0 amide bonds. The average Bonchev–Trinajstić information content (AvgIpc) is 3.27. The molecule has 3 aromatic rings. The number of hydrogen-bond acceptors (Lipinski definition) is 8. The summed E-state index contributed by atoms with van der Waals surface area (Å²) in [5.74, 6) is 1.71. The Morgan fingerprint density at radius 2 is 1.94 bits per heavy atom. The minimum atomic E-state index is 0.259. The highest BCUT2D eigenvalue weighted by Gasteiger charge is 2.17. The number of pyridine rings is 1. The zero-order chi connectivity index (χ0) is 22.2. The van der Waals surface area contributed by atoms with E-state index in [2.05, 4.69) is 44.7 Å². The number of nitrogens with zero attached hydrogens (tertiary/aromatic N) is 6. The molecule has 2 aromatic heterocycles. The largest absolute Gasteiger partial charge is 0.469 e. The lowest BCUT2D eigenvalue weighted by Crippen LogP contribution is -2.22. The summed E-state index contributed by atoms with van der Waals surface area (Å²) >= 11 is 0. The Hall–Kier alpha value is -3.33. The molecule has 9 heteroatoms. The van der Waals surface area contributed by atoms with Crippen LogP contribution < -0.4 is 4.74 Å². The summed E-state index contributed by atoms with van der Waals surface area (Å²) in [5.41, 5.74) is 3.91. The van der Waals surface area contributed by atoms with Gasteiger partial charge in [0.1, 0.15) is 6.61 Å². The number of hydrogen-bond donors (Lipinski definition) is 0. The molecule has 1 aliphatic heterocycles. The highest BCUT2D eigenvalue weighted by molar-refractivity contribution is 5.98. The van der Waals surface area contributed by atoms with Crippen LogP contribution in [0.15, 0.2) is 47.8 Å². The van der Waals surface area contributed by atoms with E-state index in [0.717, 1.165) is 49.4 Å². The van der Waals surface area contributed by atoms with Crippen LogP contribution >= 0.6 is 0 Å². The van der Waals surface area contributed by atoms with Crippen molar-refractivity contribution in [1.29, 1.82) is 0 Å². The molecule has 0 N–H and O–H groups in total. The van der Waals surface area contributed by atoms with Crippen molar-refractivity contribution in [3.63, 3.8) is 0 Å². The molecule has 4 rings (SSSR count). The Kier molecular flexibility index (Phi) is 7.39. The lowest BCUT2D eigenvalue weighted by molar-refractivity contribution is 0.0593. The van der Waals surface area contributed by atoms with E-state index in [1.165, 1.54) is 5.56 Å². The molecule has 0 radical (unpaired) electrons. The van der Waals surface area contributed by atoms with Gasteiger partial charge in [0.2, 0.25) is 5.88 Å². The van der Waals surface area contributed by atoms with Gasteiger partial charge in [0, 0.05) is 37.6 Å². The lowest BCUT2D eigenvalue weighted by atomic mass is 10.0. The SMILES string of the molecule is C/C(=N\OCc1ccc(C)cc1)c1ccc(OCc2nnnn2CC2CCOCC2)nc1. The minimum Gasteiger partial charge on any atom is -0.469 e. The van der Waals surface area contributed by atoms with E-state index in [1.54, 1.807) is 12.3 Å². The Balaban J connectivity index is 1.27. The van der Waals surface area contributed by atoms with Gasteiger partial charge in [0.25, 0.3) is 0 Å². The summed E-state index contributed by atoms with van der Waals surface area (Å²) in [4.78, 5) is 9.84. The molecule has 3 heterocycles. The number of aromatic nitrogens is 5. The van der Waals surface area contributed by atoms with Crippen molar-refractivity contribution in [1.82, 2.24) is 25.2 Å². The van der Waals surface area contributed by atoms with Crippen molar-refractivity contribution in [2.24, 2.45) is 11.1 Å². The summed E-state index contributed by atoms with van der Waals surface area (Å²) in [6, 6.07) is 11.9. The van der Waals surface area contributed by atoms with Gasteiger partial charge in [-0.05, 0) is 54.7 Å². The first-order valence-corrected chi connectivity index (χ1v) is 10.8. The fraction of sp³-hybridized carbons (Fsp3) is 0.435. The minimum absolute atomic E-state index is 0.259. The van der Waals surface area contributed by atoms with E-state index in [4.69, 9.17) is 14.3 Å². The first-order chi connectivity index (χ1) is 15.7. The van der Waals surface area contributed by atoms with Crippen LogP contribution in [0.3, 0.4) is 0 Å². The van der Waals surface area contributed by atoms with Crippen LogP contribution in [-0.4, -0.2) is 44.1 Å². The molecular weight excluding hydrogens is 408 g/mol. The summed E-state index contributed by atoms with van der Waals surface area (Å²) in [5, 5.41) is 16.2. The zero-order valence-electron chi connectivity index (χ0n) is 18.5. The maximum absolute atomic E-state index is 5.79. The molecule has 9 nitrogen and oxygen atoms in total. The molecule has 1 fully saturated rings. The van der Waals surface area contributed by atoms with Crippen LogP contribution in [0.1, 0.15) is 42.3 Å². The lowest BCUT2D eigenvalue weighted by Gasteiger charge is -2.21. The number of oxime groups is 1. The third-order valence-corrected chi connectivity index (χ3v) is 5.43. The van der Waals surface area contributed by atoms with Gasteiger partial charge in [0.05, 0.1) is 5.71 Å². The summed E-state index contributed by atoms with van der Waals surface area (Å²) in [6.45, 7) is 7.01. The molecule has 0 saturated carbocycles. The van der Waals surface area contributed by atoms with E-state index in [0.29, 0.717) is 24.2 Å². The van der Waals surface area contributed by atoms with Crippen LogP contribution in [0.25, 0.3) is 0 Å². The van der Waals surface area contributed by atoms with E-state index in [9.17, 15) is 0 Å². The fourth-order valence-corrected chi connectivity index (χ4v) is 3.40. The molecule has 0 atom stereocenters. The molecule has 1 aliphatic rings. The van der Waals surface area contributed by atoms with Gasteiger partial charge < -0.3 is 14.3 Å². The number of rotatable bonds is 9. The van der Waals surface area contributed by atoms with E-state index in [1.807, 2.05) is 29.8 Å². The third kappa shape index (κ3) is 6.10. The summed E-state index contributed by atoms with van der Waals surface area (Å²) in [7, 11) is 0. The first kappa shape index (κ1) is 21.9. The number of aryl methyl sites for hydroxylation is 1. The van der Waals surface area contributed by atoms with Crippen LogP contribution in [0.2, 0.25) is 0 Å². The monoisotopic (exact) mass is 436 g/mol. The normalized spacial score (nSPS) is 15.0. The van der Waals surface area contributed by atoms with Gasteiger partial charge in [-0.25, -0.2) is 9.67 Å². The van der Waals surface area contributed by atoms with Crippen LogP contribution in [0.4, 0.5) is 0 Å². The smallest absolute Gasteiger partial charge is 0.213 e. The van der Waals surface area contributed by atoms with E-state index in [-0.39, 0.29) is 6.61 Å². The molecule has 0 spiro atoms. The van der Waals surface area contributed by atoms with Gasteiger partial charge in [-0.1, -0.05) is 35.0 Å². The third-order valence-electron chi connectivity index (χ3n) is 5.43. The van der Waals surface area contributed by atoms with Gasteiger partial charge >= 0.3 is 0 Å². The van der Waals surface area contributed by atoms with Crippen molar-refractivity contribution in [3.8, 4) is 5.88 Å². The first-order valence-electron chi connectivity index (χ1n) is 10.8. The molecule has 0 aliphatic carbocycles. The second-order valence-corrected chi connectivity index (χ2v) is 7.94. The van der Waals surface area contributed by atoms with Crippen molar-refractivity contribution in [2.45, 2.75) is 46.4 Å². The molecule has 0 unspecified atom stereocenters. The van der Waals surface area contributed by atoms with Crippen molar-refractivity contribution in [2.75, 3.05) is 13.2 Å². The molecule has 1 saturated heterocycles. The van der Waals surface area contributed by atoms with Crippen molar-refractivity contribution >= 4 is 5.71 Å². The van der Waals surface area contributed by atoms with Gasteiger partial charge in [0.15, 0.2) is 12.4 Å². The van der Waals surface area contributed by atoms with Gasteiger partial charge in [-0.3, -0.25) is 0 Å². The second-order valence-electron chi connectivity index (χ2n) is 7.94. The topological polar surface area (TPSA) is 96.5 Å². The van der Waals surface area contributed by atoms with Crippen LogP contribution in [-0.2, 0) is 29.3 Å². The second kappa shape index (κ2) is 10.8. The standard InChI is InChI=1S/C23H28N6O3/c1-17-3-5-20(6-4-17)15-32-26-18(2)21-7-8-23(24-13-21)31-16-22-25-27-28-29(22)14-19-9-11-30-12-10-19/h3-8,13,19H,9-12,14-16H2,1-2H3/b26-18+. The van der Waals surface area contributed by atoms with Crippen LogP contribution in [0, 0.1) is 12.8 Å². The van der Waals surface area contributed by atoms with Gasteiger partial charge in [-0.15, -0.1) is 5.10 Å². The Morgan fingerprint density at radius 1 is 1.12 bits per heavy atom. The highest BCUT2D eigenvalue weighted by Crippen LogP contribution is 2.17. The van der Waals surface area contributed by atoms with E-state index < -0.39 is 0 Å². The predicted molar refractivity (Wildman–Crippen MR) is 118 cm³/mol. The molecular formula is C23H28N6O3. The van der Waals surface area contributed by atoms with Crippen molar-refractivity contribution in [3.05, 3.63) is 65.1 Å². The number of tetrazole rings is 1. The summed E-state index contributed by atoms with van der Waals surface area (Å²) in [6.07, 6.45) is 3.77. The molecule has 0 bridgehead atoms. The van der Waals surface area contributed by atoms with E-state index >= 15 is 0 Å². The quantitative estimate of drug-likeness (QED) is 0.375. The van der Waals surface area contributed by atoms with Crippen LogP contribution in [0.5, 0.6) is 5.88 Å². The zero-order valence-corrected chi connectivity index (χ0v) is 18.5. The number of benzene rings is 1.